The van der Waals surface area contributed by atoms with E-state index in [9.17, 15) is 4.79 Å². The lowest BCUT2D eigenvalue weighted by Crippen LogP contribution is -2.16. The number of fused-ring (bicyclic) bond motifs is 4. The molecule has 2 heterocycles. The molecular formula is C25H24N2O5. The van der Waals surface area contributed by atoms with Gasteiger partial charge in [0, 0.05) is 46.6 Å². The molecular weight excluding hydrogens is 408 g/mol. The molecule has 1 aromatic heterocycles. The SMILES string of the molecule is CNc1c(Cc2c(=O)[nH]c(C)c3cc(OC)c(OC)cc23)ccc2c3c(ccc12)OCO3. The molecule has 0 saturated carbocycles. The zero-order valence-electron chi connectivity index (χ0n) is 18.4. The first kappa shape index (κ1) is 20.1. The van der Waals surface area contributed by atoms with Crippen molar-refractivity contribution in [2.45, 2.75) is 13.3 Å². The Balaban J connectivity index is 1.71. The molecule has 2 N–H and O–H groups in total. The molecule has 0 radical (unpaired) electrons. The minimum absolute atomic E-state index is 0.116. The number of hydrogen-bond acceptors (Lipinski definition) is 6. The van der Waals surface area contributed by atoms with Crippen molar-refractivity contribution in [2.75, 3.05) is 33.4 Å². The summed E-state index contributed by atoms with van der Waals surface area (Å²) in [6.07, 6.45) is 0.447. The van der Waals surface area contributed by atoms with Crippen molar-refractivity contribution in [3.63, 3.8) is 0 Å². The Morgan fingerprint density at radius 1 is 0.969 bits per heavy atom. The molecule has 4 aromatic rings. The molecule has 32 heavy (non-hydrogen) atoms. The average molecular weight is 432 g/mol. The van der Waals surface area contributed by atoms with Gasteiger partial charge in [-0.15, -0.1) is 0 Å². The fraction of sp³-hybridized carbons (Fsp3) is 0.240. The molecule has 164 valence electrons. The average Bonchev–Trinajstić information content (AvgIpc) is 3.29. The first-order valence-electron chi connectivity index (χ1n) is 10.3. The second kappa shape index (κ2) is 7.67. The van der Waals surface area contributed by atoms with Gasteiger partial charge in [-0.1, -0.05) is 12.1 Å². The summed E-state index contributed by atoms with van der Waals surface area (Å²) in [7, 11) is 5.08. The third-order valence-corrected chi connectivity index (χ3v) is 6.06. The first-order valence-corrected chi connectivity index (χ1v) is 10.3. The second-order valence-corrected chi connectivity index (χ2v) is 7.73. The predicted octanol–water partition coefficient (Wildman–Crippen LogP) is 4.37. The molecule has 7 nitrogen and oxygen atoms in total. The number of anilines is 1. The Labute approximate surface area is 184 Å². The van der Waals surface area contributed by atoms with E-state index in [1.807, 2.05) is 50.4 Å². The maximum absolute atomic E-state index is 13.0. The van der Waals surface area contributed by atoms with Crippen molar-refractivity contribution in [3.05, 3.63) is 63.6 Å². The summed E-state index contributed by atoms with van der Waals surface area (Å²) < 4.78 is 22.1. The summed E-state index contributed by atoms with van der Waals surface area (Å²) in [5.74, 6) is 2.71. The van der Waals surface area contributed by atoms with Crippen LogP contribution in [-0.4, -0.2) is 33.0 Å². The van der Waals surface area contributed by atoms with Gasteiger partial charge in [-0.05, 0) is 42.1 Å². The maximum Gasteiger partial charge on any atom is 0.252 e. The molecule has 0 fully saturated rings. The van der Waals surface area contributed by atoms with Crippen molar-refractivity contribution < 1.29 is 18.9 Å². The van der Waals surface area contributed by atoms with Crippen molar-refractivity contribution in [3.8, 4) is 23.0 Å². The van der Waals surface area contributed by atoms with E-state index < -0.39 is 0 Å². The number of methoxy groups -OCH3 is 2. The van der Waals surface area contributed by atoms with Gasteiger partial charge in [-0.2, -0.15) is 0 Å². The van der Waals surface area contributed by atoms with Gasteiger partial charge in [-0.25, -0.2) is 0 Å². The minimum Gasteiger partial charge on any atom is -0.493 e. The van der Waals surface area contributed by atoms with Gasteiger partial charge in [0.2, 0.25) is 6.79 Å². The number of pyridine rings is 1. The second-order valence-electron chi connectivity index (χ2n) is 7.73. The van der Waals surface area contributed by atoms with Gasteiger partial charge in [-0.3, -0.25) is 4.79 Å². The van der Waals surface area contributed by atoms with E-state index in [0.717, 1.165) is 50.0 Å². The Kier molecular flexibility index (Phi) is 4.81. The van der Waals surface area contributed by atoms with E-state index in [1.54, 1.807) is 14.2 Å². The maximum atomic E-state index is 13.0. The van der Waals surface area contributed by atoms with E-state index in [0.29, 0.717) is 23.5 Å². The van der Waals surface area contributed by atoms with Crippen LogP contribution in [0, 0.1) is 6.92 Å². The lowest BCUT2D eigenvalue weighted by atomic mass is 9.95. The molecule has 0 bridgehead atoms. The van der Waals surface area contributed by atoms with Crippen LogP contribution in [0.5, 0.6) is 23.0 Å². The number of H-pyrrole nitrogens is 1. The third kappa shape index (κ3) is 3.00. The highest BCUT2D eigenvalue weighted by Gasteiger charge is 2.20. The molecule has 1 aliphatic rings. The van der Waals surface area contributed by atoms with Crippen LogP contribution < -0.4 is 29.8 Å². The van der Waals surface area contributed by atoms with Crippen molar-refractivity contribution in [1.29, 1.82) is 0 Å². The summed E-state index contributed by atoms with van der Waals surface area (Å²) in [6.45, 7) is 2.11. The summed E-state index contributed by atoms with van der Waals surface area (Å²) in [5, 5.41) is 7.07. The van der Waals surface area contributed by atoms with Gasteiger partial charge < -0.3 is 29.2 Å². The number of aromatic amines is 1. The molecule has 0 atom stereocenters. The van der Waals surface area contributed by atoms with Crippen molar-refractivity contribution in [2.24, 2.45) is 0 Å². The van der Waals surface area contributed by atoms with Gasteiger partial charge in [0.15, 0.2) is 23.0 Å². The van der Waals surface area contributed by atoms with Crippen molar-refractivity contribution >= 4 is 27.2 Å². The largest absolute Gasteiger partial charge is 0.493 e. The highest BCUT2D eigenvalue weighted by Crippen LogP contribution is 2.43. The van der Waals surface area contributed by atoms with Crippen LogP contribution in [0.15, 0.2) is 41.2 Å². The Morgan fingerprint density at radius 2 is 1.69 bits per heavy atom. The predicted molar refractivity (Wildman–Crippen MR) is 125 cm³/mol. The van der Waals surface area contributed by atoms with E-state index in [-0.39, 0.29) is 12.4 Å². The molecule has 5 rings (SSSR count). The van der Waals surface area contributed by atoms with Crippen LogP contribution in [0.4, 0.5) is 5.69 Å². The number of hydrogen-bond donors (Lipinski definition) is 2. The summed E-state index contributed by atoms with van der Waals surface area (Å²) in [5.41, 5.74) is 3.30. The van der Waals surface area contributed by atoms with E-state index in [4.69, 9.17) is 18.9 Å². The van der Waals surface area contributed by atoms with E-state index in [2.05, 4.69) is 10.3 Å². The van der Waals surface area contributed by atoms with E-state index >= 15 is 0 Å². The lowest BCUT2D eigenvalue weighted by molar-refractivity contribution is 0.175. The smallest absolute Gasteiger partial charge is 0.252 e. The monoisotopic (exact) mass is 432 g/mol. The number of rotatable bonds is 5. The molecule has 0 spiro atoms. The number of aromatic nitrogens is 1. The summed E-state index contributed by atoms with van der Waals surface area (Å²) >= 11 is 0. The molecule has 7 heteroatoms. The van der Waals surface area contributed by atoms with E-state index in [1.165, 1.54) is 0 Å². The van der Waals surface area contributed by atoms with Crippen LogP contribution >= 0.6 is 0 Å². The van der Waals surface area contributed by atoms with Gasteiger partial charge in [0.05, 0.1) is 14.2 Å². The lowest BCUT2D eigenvalue weighted by Gasteiger charge is -2.16. The van der Waals surface area contributed by atoms with Crippen LogP contribution in [0.1, 0.15) is 16.8 Å². The fourth-order valence-electron chi connectivity index (χ4n) is 4.50. The summed E-state index contributed by atoms with van der Waals surface area (Å²) in [4.78, 5) is 16.0. The molecule has 0 amide bonds. The fourth-order valence-corrected chi connectivity index (χ4v) is 4.50. The van der Waals surface area contributed by atoms with Crippen LogP contribution in [0.3, 0.4) is 0 Å². The zero-order valence-corrected chi connectivity index (χ0v) is 18.4. The first-order chi connectivity index (χ1) is 15.5. The van der Waals surface area contributed by atoms with Gasteiger partial charge >= 0.3 is 0 Å². The topological polar surface area (TPSA) is 81.8 Å². The highest BCUT2D eigenvalue weighted by molar-refractivity contribution is 6.01. The zero-order chi connectivity index (χ0) is 22.4. The highest BCUT2D eigenvalue weighted by atomic mass is 16.7. The standard InChI is InChI=1S/C25H24N2O5/c1-13-17-10-21(29-3)22(30-4)11-18(17)19(25(28)27-13)9-14-5-6-16-15(23(14)26-2)7-8-20-24(16)32-12-31-20/h5-8,10-11,26H,9,12H2,1-4H3,(H,27,28). The molecule has 0 saturated heterocycles. The van der Waals surface area contributed by atoms with Crippen LogP contribution in [0.25, 0.3) is 21.5 Å². The third-order valence-electron chi connectivity index (χ3n) is 6.06. The summed E-state index contributed by atoms with van der Waals surface area (Å²) in [6, 6.07) is 11.8. The van der Waals surface area contributed by atoms with Crippen LogP contribution in [-0.2, 0) is 6.42 Å². The molecule has 1 aliphatic heterocycles. The molecule has 0 unspecified atom stereocenters. The normalized spacial score (nSPS) is 12.4. The number of aryl methyl sites for hydroxylation is 1. The van der Waals surface area contributed by atoms with Crippen LogP contribution in [0.2, 0.25) is 0 Å². The van der Waals surface area contributed by atoms with Crippen molar-refractivity contribution in [1.82, 2.24) is 4.98 Å². The quantitative estimate of drug-likeness (QED) is 0.487. The molecule has 0 aliphatic carbocycles. The molecule has 3 aromatic carbocycles. The Hall–Kier alpha value is -3.87. The van der Waals surface area contributed by atoms with Gasteiger partial charge in [0.1, 0.15) is 0 Å². The van der Waals surface area contributed by atoms with Gasteiger partial charge in [0.25, 0.3) is 5.56 Å². The number of ether oxygens (including phenoxy) is 4. The Bertz CT molecular complexity index is 1420. The Morgan fingerprint density at radius 3 is 2.41 bits per heavy atom. The number of benzene rings is 3. The number of nitrogens with one attached hydrogen (secondary N) is 2. The minimum atomic E-state index is -0.116.